The number of nitrogens with zero attached hydrogens (tertiary/aromatic N) is 1. The topological polar surface area (TPSA) is 70.9 Å². The zero-order chi connectivity index (χ0) is 20.2. The first-order chi connectivity index (χ1) is 13.3. The van der Waals surface area contributed by atoms with E-state index in [1.165, 1.54) is 0 Å². The second kappa shape index (κ2) is 7.09. The van der Waals surface area contributed by atoms with E-state index >= 15 is 0 Å². The van der Waals surface area contributed by atoms with Gasteiger partial charge >= 0.3 is 0 Å². The summed E-state index contributed by atoms with van der Waals surface area (Å²) >= 11 is 0. The summed E-state index contributed by atoms with van der Waals surface area (Å²) in [5.41, 5.74) is 0.105. The van der Waals surface area contributed by atoms with E-state index in [1.54, 1.807) is 0 Å². The molecule has 0 aromatic carbocycles. The summed E-state index contributed by atoms with van der Waals surface area (Å²) in [5.74, 6) is 2.33. The second-order valence-corrected chi connectivity index (χ2v) is 10.5. The molecule has 4 aliphatic carbocycles. The van der Waals surface area contributed by atoms with E-state index in [0.29, 0.717) is 36.6 Å². The Hall–Kier alpha value is -0.940. The number of aliphatic hydroxyl groups is 1. The number of hydrogen-bond donors (Lipinski definition) is 2. The van der Waals surface area contributed by atoms with Crippen LogP contribution in [0.25, 0.3) is 0 Å². The van der Waals surface area contributed by atoms with E-state index in [-0.39, 0.29) is 16.7 Å². The smallest absolute Gasteiger partial charge is 0.139 e. The molecule has 0 bridgehead atoms. The van der Waals surface area contributed by atoms with E-state index in [1.807, 2.05) is 7.05 Å². The number of ketones is 1. The Balaban J connectivity index is 1.57. The van der Waals surface area contributed by atoms with Gasteiger partial charge in [-0.1, -0.05) is 25.9 Å². The molecular weight excluding hydrogens is 352 g/mol. The lowest BCUT2D eigenvalue weighted by atomic mass is 9.41. The van der Waals surface area contributed by atoms with Gasteiger partial charge in [0.1, 0.15) is 12.4 Å². The molecule has 28 heavy (non-hydrogen) atoms. The van der Waals surface area contributed by atoms with Gasteiger partial charge in [-0.25, -0.2) is 0 Å². The molecule has 0 radical (unpaired) electrons. The number of carbonyl (C=O) groups is 1. The predicted molar refractivity (Wildman–Crippen MR) is 110 cm³/mol. The molecule has 5 nitrogen and oxygen atoms in total. The maximum atomic E-state index is 12.6. The van der Waals surface area contributed by atoms with Crippen molar-refractivity contribution in [3.05, 3.63) is 0 Å². The molecule has 2 N–H and O–H groups in total. The van der Waals surface area contributed by atoms with Gasteiger partial charge < -0.3 is 15.3 Å². The van der Waals surface area contributed by atoms with Gasteiger partial charge in [0.15, 0.2) is 0 Å². The van der Waals surface area contributed by atoms with Crippen molar-refractivity contribution in [2.45, 2.75) is 77.7 Å². The number of fused-ring (bicyclic) bond motifs is 5. The fourth-order valence-electron chi connectivity index (χ4n) is 7.61. The third-order valence-corrected chi connectivity index (χ3v) is 9.44. The highest BCUT2D eigenvalue weighted by molar-refractivity contribution is 5.87. The molecule has 0 aromatic heterocycles. The summed E-state index contributed by atoms with van der Waals surface area (Å²) in [6.45, 7) is 8.12. The largest absolute Gasteiger partial charge is 0.394 e. The number of hydrogen-bond acceptors (Lipinski definition) is 5. The van der Waals surface area contributed by atoms with E-state index in [0.717, 1.165) is 57.2 Å². The van der Waals surface area contributed by atoms with Crippen molar-refractivity contribution in [2.75, 3.05) is 20.2 Å². The van der Waals surface area contributed by atoms with Crippen LogP contribution in [0.15, 0.2) is 5.16 Å². The lowest BCUT2D eigenvalue weighted by Crippen LogP contribution is -2.65. The van der Waals surface area contributed by atoms with E-state index < -0.39 is 5.60 Å². The van der Waals surface area contributed by atoms with Crippen LogP contribution in [0, 0.1) is 34.5 Å². The normalized spacial score (nSPS) is 49.5. The van der Waals surface area contributed by atoms with Crippen molar-refractivity contribution in [2.24, 2.45) is 39.7 Å². The molecule has 0 aliphatic heterocycles. The van der Waals surface area contributed by atoms with E-state index in [4.69, 9.17) is 4.84 Å². The summed E-state index contributed by atoms with van der Waals surface area (Å²) < 4.78 is 0. The first kappa shape index (κ1) is 20.3. The third kappa shape index (κ3) is 2.79. The number of Topliss-reactive ketones (excluding diaryl/α,β-unsaturated/α-hetero) is 1. The van der Waals surface area contributed by atoms with Gasteiger partial charge in [0.25, 0.3) is 0 Å². The number of likely N-dealkylation sites (N-methyl/N-ethyl adjacent to an activating group) is 1. The van der Waals surface area contributed by atoms with Gasteiger partial charge in [0, 0.05) is 30.2 Å². The Labute approximate surface area is 169 Å². The standard InChI is InChI=1S/C23H38N2O3/c1-15-13-17-18-5-6-20(26)21(18,2)9-8-19(17)22(3)10-7-16(14-23(15,22)27)25-28-12-11-24-4/h15,17-19,24,27H,5-14H2,1-4H3/t15?,17-,18-,19+,21-,22+,23?/m0/s1. The summed E-state index contributed by atoms with van der Waals surface area (Å²) in [4.78, 5) is 18.1. The van der Waals surface area contributed by atoms with Crippen LogP contribution in [-0.2, 0) is 9.63 Å². The predicted octanol–water partition coefficient (Wildman–Crippen LogP) is 3.55. The molecule has 5 heteroatoms. The lowest BCUT2D eigenvalue weighted by molar-refractivity contribution is -0.214. The monoisotopic (exact) mass is 390 g/mol. The number of oxime groups is 1. The number of nitrogens with one attached hydrogen (secondary N) is 1. The SMILES string of the molecule is CNCCON=C1CC[C@]2(C)[C@@H]3CC[C@]4(C)C(=O)CC[C@H]4[C@@H]3CC(C)C2(O)C1. The molecule has 4 saturated carbocycles. The van der Waals surface area contributed by atoms with Gasteiger partial charge in [0.2, 0.25) is 0 Å². The highest BCUT2D eigenvalue weighted by Gasteiger charge is 2.66. The Bertz CT molecular complexity index is 664. The Kier molecular flexibility index (Phi) is 5.15. The molecule has 0 aromatic rings. The van der Waals surface area contributed by atoms with Crippen molar-refractivity contribution in [1.82, 2.24) is 5.32 Å². The van der Waals surface area contributed by atoms with Crippen LogP contribution in [0.2, 0.25) is 0 Å². The number of carbonyl (C=O) groups excluding carboxylic acids is 1. The van der Waals surface area contributed by atoms with Gasteiger partial charge in [-0.15, -0.1) is 0 Å². The van der Waals surface area contributed by atoms with Crippen LogP contribution in [0.5, 0.6) is 0 Å². The van der Waals surface area contributed by atoms with Crippen LogP contribution in [0.4, 0.5) is 0 Å². The molecule has 0 spiro atoms. The molecule has 158 valence electrons. The fraction of sp³-hybridized carbons (Fsp3) is 0.913. The lowest BCUT2D eigenvalue weighted by Gasteiger charge is -2.65. The Morgan fingerprint density at radius 1 is 1.21 bits per heavy atom. The highest BCUT2D eigenvalue weighted by Crippen LogP contribution is 2.67. The van der Waals surface area contributed by atoms with Gasteiger partial charge in [-0.3, -0.25) is 4.79 Å². The quantitative estimate of drug-likeness (QED) is 0.569. The zero-order valence-corrected chi connectivity index (χ0v) is 18.1. The fourth-order valence-corrected chi connectivity index (χ4v) is 7.61. The molecule has 0 heterocycles. The first-order valence-electron chi connectivity index (χ1n) is 11.3. The van der Waals surface area contributed by atoms with Crippen molar-refractivity contribution in [3.63, 3.8) is 0 Å². The van der Waals surface area contributed by atoms with Crippen LogP contribution in [0.1, 0.15) is 72.1 Å². The average Bonchev–Trinajstić information content (AvgIpc) is 2.96. The third-order valence-electron chi connectivity index (χ3n) is 9.44. The molecule has 0 amide bonds. The van der Waals surface area contributed by atoms with Gasteiger partial charge in [-0.2, -0.15) is 0 Å². The van der Waals surface area contributed by atoms with Gasteiger partial charge in [0.05, 0.1) is 11.3 Å². The summed E-state index contributed by atoms with van der Waals surface area (Å²) in [7, 11) is 1.90. The molecule has 4 aliphatic rings. The molecule has 2 unspecified atom stereocenters. The van der Waals surface area contributed by atoms with E-state index in [9.17, 15) is 9.90 Å². The van der Waals surface area contributed by atoms with Gasteiger partial charge in [-0.05, 0) is 69.2 Å². The van der Waals surface area contributed by atoms with Crippen LogP contribution < -0.4 is 5.32 Å². The van der Waals surface area contributed by atoms with Crippen LogP contribution in [0.3, 0.4) is 0 Å². The van der Waals surface area contributed by atoms with Crippen molar-refractivity contribution in [3.8, 4) is 0 Å². The maximum Gasteiger partial charge on any atom is 0.139 e. The Morgan fingerprint density at radius 2 is 2.00 bits per heavy atom. The van der Waals surface area contributed by atoms with E-state index in [2.05, 4.69) is 31.2 Å². The Morgan fingerprint density at radius 3 is 2.75 bits per heavy atom. The minimum Gasteiger partial charge on any atom is -0.394 e. The maximum absolute atomic E-state index is 12.6. The minimum atomic E-state index is -0.714. The molecule has 0 saturated heterocycles. The van der Waals surface area contributed by atoms with Crippen molar-refractivity contribution in [1.29, 1.82) is 0 Å². The highest BCUT2D eigenvalue weighted by atomic mass is 16.6. The van der Waals surface area contributed by atoms with Crippen LogP contribution >= 0.6 is 0 Å². The molecular formula is C23H38N2O3. The van der Waals surface area contributed by atoms with Crippen molar-refractivity contribution < 1.29 is 14.7 Å². The summed E-state index contributed by atoms with van der Waals surface area (Å²) in [5, 5.41) is 19.4. The van der Waals surface area contributed by atoms with Crippen LogP contribution in [-0.4, -0.2) is 42.4 Å². The zero-order valence-electron chi connectivity index (χ0n) is 18.1. The summed E-state index contributed by atoms with van der Waals surface area (Å²) in [6, 6.07) is 0. The first-order valence-corrected chi connectivity index (χ1v) is 11.3. The molecule has 4 fully saturated rings. The second-order valence-electron chi connectivity index (χ2n) is 10.5. The molecule has 4 rings (SSSR count). The summed E-state index contributed by atoms with van der Waals surface area (Å²) in [6.07, 6.45) is 7.47. The number of rotatable bonds is 4. The average molecular weight is 391 g/mol. The molecule has 7 atom stereocenters. The van der Waals surface area contributed by atoms with Crippen molar-refractivity contribution >= 4 is 11.5 Å². The minimum absolute atomic E-state index is 0.0910.